The lowest BCUT2D eigenvalue weighted by molar-refractivity contribution is -0.143. The van der Waals surface area contributed by atoms with E-state index in [0.29, 0.717) is 30.8 Å². The van der Waals surface area contributed by atoms with Crippen molar-refractivity contribution in [1.29, 1.82) is 0 Å². The summed E-state index contributed by atoms with van der Waals surface area (Å²) in [6, 6.07) is 5.28. The lowest BCUT2D eigenvalue weighted by Crippen LogP contribution is -2.63. The van der Waals surface area contributed by atoms with Crippen molar-refractivity contribution in [2.45, 2.75) is 31.8 Å². The standard InChI is InChI=1S/C20H26N4O5/c1-13(25)24-11-10-23(20(28)14-5-7-15(29-2)8-6-14)12-17(24)19(27)22-16-4-3-9-21-18(16)26/h5-8,16-17H,3-4,9-12H2,1-2H3,(H,21,26)(H,22,27)/t16-,17-/m0/s1. The van der Waals surface area contributed by atoms with Gasteiger partial charge in [-0.3, -0.25) is 19.2 Å². The predicted octanol–water partition coefficient (Wildman–Crippen LogP) is -0.237. The number of carbonyl (C=O) groups is 4. The maximum absolute atomic E-state index is 12.9. The summed E-state index contributed by atoms with van der Waals surface area (Å²) in [5, 5.41) is 5.46. The molecule has 0 spiro atoms. The van der Waals surface area contributed by atoms with E-state index in [4.69, 9.17) is 4.74 Å². The molecule has 2 saturated heterocycles. The van der Waals surface area contributed by atoms with Crippen LogP contribution < -0.4 is 15.4 Å². The first-order valence-electron chi connectivity index (χ1n) is 9.69. The van der Waals surface area contributed by atoms with E-state index >= 15 is 0 Å². The highest BCUT2D eigenvalue weighted by molar-refractivity contribution is 5.96. The molecule has 2 atom stereocenters. The SMILES string of the molecule is COc1ccc(C(=O)N2CCN(C(C)=O)[C@H](C(=O)N[C@H]3CCCNC3=O)C2)cc1. The van der Waals surface area contributed by atoms with Gasteiger partial charge < -0.3 is 25.2 Å². The van der Waals surface area contributed by atoms with Gasteiger partial charge in [0.25, 0.3) is 5.91 Å². The third kappa shape index (κ3) is 4.67. The lowest BCUT2D eigenvalue weighted by Gasteiger charge is -2.40. The lowest BCUT2D eigenvalue weighted by atomic mass is 10.0. The van der Waals surface area contributed by atoms with Gasteiger partial charge >= 0.3 is 0 Å². The van der Waals surface area contributed by atoms with Crippen molar-refractivity contribution in [3.05, 3.63) is 29.8 Å². The average molecular weight is 402 g/mol. The first-order chi connectivity index (χ1) is 13.9. The molecule has 2 aliphatic rings. The zero-order valence-corrected chi connectivity index (χ0v) is 16.6. The number of amides is 4. The van der Waals surface area contributed by atoms with Crippen LogP contribution in [0.2, 0.25) is 0 Å². The van der Waals surface area contributed by atoms with Crippen LogP contribution in [0.1, 0.15) is 30.1 Å². The third-order valence-corrected chi connectivity index (χ3v) is 5.31. The molecule has 0 saturated carbocycles. The van der Waals surface area contributed by atoms with E-state index in [-0.39, 0.29) is 30.8 Å². The summed E-state index contributed by atoms with van der Waals surface area (Å²) in [6.45, 7) is 2.65. The molecule has 0 bridgehead atoms. The van der Waals surface area contributed by atoms with Crippen LogP contribution in [-0.2, 0) is 14.4 Å². The van der Waals surface area contributed by atoms with E-state index in [2.05, 4.69) is 10.6 Å². The minimum atomic E-state index is -0.835. The molecule has 9 heteroatoms. The van der Waals surface area contributed by atoms with Crippen LogP contribution in [0.3, 0.4) is 0 Å². The number of hydrogen-bond donors (Lipinski definition) is 2. The second-order valence-corrected chi connectivity index (χ2v) is 7.20. The van der Waals surface area contributed by atoms with Crippen molar-refractivity contribution in [3.8, 4) is 5.75 Å². The van der Waals surface area contributed by atoms with Crippen molar-refractivity contribution < 1.29 is 23.9 Å². The second-order valence-electron chi connectivity index (χ2n) is 7.20. The van der Waals surface area contributed by atoms with E-state index in [1.165, 1.54) is 11.8 Å². The van der Waals surface area contributed by atoms with Gasteiger partial charge in [0.2, 0.25) is 17.7 Å². The Morgan fingerprint density at radius 2 is 1.90 bits per heavy atom. The molecular weight excluding hydrogens is 376 g/mol. The molecule has 156 valence electrons. The van der Waals surface area contributed by atoms with Gasteiger partial charge in [-0.15, -0.1) is 0 Å². The highest BCUT2D eigenvalue weighted by atomic mass is 16.5. The van der Waals surface area contributed by atoms with E-state index in [9.17, 15) is 19.2 Å². The Hall–Kier alpha value is -3.10. The molecule has 0 radical (unpaired) electrons. The Kier molecular flexibility index (Phi) is 6.36. The normalized spacial score (nSPS) is 21.9. The molecule has 4 amide bonds. The molecule has 2 fully saturated rings. The fraction of sp³-hybridized carbons (Fsp3) is 0.500. The average Bonchev–Trinajstić information content (AvgIpc) is 2.74. The summed E-state index contributed by atoms with van der Waals surface area (Å²) in [5.74, 6) is -0.458. The number of piperidine rings is 1. The topological polar surface area (TPSA) is 108 Å². The van der Waals surface area contributed by atoms with Crippen molar-refractivity contribution in [2.75, 3.05) is 33.3 Å². The van der Waals surface area contributed by atoms with E-state index in [1.807, 2.05) is 0 Å². The van der Waals surface area contributed by atoms with Gasteiger partial charge in [0.05, 0.1) is 13.7 Å². The largest absolute Gasteiger partial charge is 0.497 e. The Morgan fingerprint density at radius 1 is 1.17 bits per heavy atom. The summed E-state index contributed by atoms with van der Waals surface area (Å²) in [6.07, 6.45) is 1.33. The van der Waals surface area contributed by atoms with Gasteiger partial charge in [-0.1, -0.05) is 0 Å². The van der Waals surface area contributed by atoms with E-state index < -0.39 is 18.0 Å². The fourth-order valence-electron chi connectivity index (χ4n) is 3.66. The van der Waals surface area contributed by atoms with Crippen LogP contribution in [0, 0.1) is 0 Å². The molecule has 2 aliphatic heterocycles. The molecule has 0 aliphatic carbocycles. The maximum atomic E-state index is 12.9. The summed E-state index contributed by atoms with van der Waals surface area (Å²) in [4.78, 5) is 52.8. The first kappa shape index (κ1) is 20.6. The zero-order valence-electron chi connectivity index (χ0n) is 16.6. The Bertz CT molecular complexity index is 795. The highest BCUT2D eigenvalue weighted by Crippen LogP contribution is 2.17. The number of hydrogen-bond acceptors (Lipinski definition) is 5. The fourth-order valence-corrected chi connectivity index (χ4v) is 3.66. The molecule has 29 heavy (non-hydrogen) atoms. The van der Waals surface area contributed by atoms with Gasteiger partial charge in [0.1, 0.15) is 17.8 Å². The summed E-state index contributed by atoms with van der Waals surface area (Å²) in [5.41, 5.74) is 0.480. The van der Waals surface area contributed by atoms with Gasteiger partial charge in [0, 0.05) is 32.1 Å². The highest BCUT2D eigenvalue weighted by Gasteiger charge is 2.37. The molecule has 0 aromatic heterocycles. The van der Waals surface area contributed by atoms with Crippen LogP contribution in [0.4, 0.5) is 0 Å². The first-order valence-corrected chi connectivity index (χ1v) is 9.69. The van der Waals surface area contributed by atoms with Gasteiger partial charge in [0.15, 0.2) is 0 Å². The Labute approximate surface area is 169 Å². The minimum absolute atomic E-state index is 0.0740. The number of rotatable bonds is 4. The second kappa shape index (κ2) is 8.93. The monoisotopic (exact) mass is 402 g/mol. The zero-order chi connectivity index (χ0) is 21.0. The van der Waals surface area contributed by atoms with Crippen LogP contribution in [-0.4, -0.2) is 78.8 Å². The number of ether oxygens (including phenoxy) is 1. The molecule has 9 nitrogen and oxygen atoms in total. The van der Waals surface area contributed by atoms with Gasteiger partial charge in [-0.2, -0.15) is 0 Å². The molecular formula is C20H26N4O5. The van der Waals surface area contributed by atoms with Crippen molar-refractivity contribution in [1.82, 2.24) is 20.4 Å². The van der Waals surface area contributed by atoms with Gasteiger partial charge in [-0.05, 0) is 37.1 Å². The summed E-state index contributed by atoms with van der Waals surface area (Å²) < 4.78 is 5.11. The van der Waals surface area contributed by atoms with Crippen molar-refractivity contribution >= 4 is 23.6 Å². The number of carbonyl (C=O) groups excluding carboxylic acids is 4. The van der Waals surface area contributed by atoms with Gasteiger partial charge in [-0.25, -0.2) is 0 Å². The maximum Gasteiger partial charge on any atom is 0.254 e. The van der Waals surface area contributed by atoms with Crippen molar-refractivity contribution in [3.63, 3.8) is 0 Å². The predicted molar refractivity (Wildman–Crippen MR) is 104 cm³/mol. The number of nitrogens with one attached hydrogen (secondary N) is 2. The third-order valence-electron chi connectivity index (χ3n) is 5.31. The molecule has 2 heterocycles. The smallest absolute Gasteiger partial charge is 0.254 e. The summed E-state index contributed by atoms with van der Waals surface area (Å²) in [7, 11) is 1.55. The molecule has 2 N–H and O–H groups in total. The number of methoxy groups -OCH3 is 1. The molecule has 0 unspecified atom stereocenters. The van der Waals surface area contributed by atoms with Crippen LogP contribution in [0.5, 0.6) is 5.75 Å². The Balaban J connectivity index is 1.72. The quantitative estimate of drug-likeness (QED) is 0.723. The molecule has 3 rings (SSSR count). The number of benzene rings is 1. The van der Waals surface area contributed by atoms with E-state index in [1.54, 1.807) is 36.3 Å². The van der Waals surface area contributed by atoms with Crippen molar-refractivity contribution in [2.24, 2.45) is 0 Å². The molecule has 1 aromatic carbocycles. The van der Waals surface area contributed by atoms with Crippen LogP contribution in [0.15, 0.2) is 24.3 Å². The summed E-state index contributed by atoms with van der Waals surface area (Å²) >= 11 is 0. The number of piperazine rings is 1. The Morgan fingerprint density at radius 3 is 2.52 bits per heavy atom. The van der Waals surface area contributed by atoms with E-state index in [0.717, 1.165) is 6.42 Å². The van der Waals surface area contributed by atoms with Crippen LogP contribution >= 0.6 is 0 Å². The van der Waals surface area contributed by atoms with Crippen LogP contribution in [0.25, 0.3) is 0 Å². The minimum Gasteiger partial charge on any atom is -0.497 e. The molecule has 1 aromatic rings. The number of nitrogens with zero attached hydrogens (tertiary/aromatic N) is 2.